The maximum atomic E-state index is 13.1. The van der Waals surface area contributed by atoms with Crippen LogP contribution in [0.25, 0.3) is 0 Å². The Hall–Kier alpha value is -2.31. The molecule has 2 aliphatic rings. The van der Waals surface area contributed by atoms with Crippen LogP contribution < -0.4 is 4.90 Å². The van der Waals surface area contributed by atoms with Crippen LogP contribution in [0.15, 0.2) is 30.9 Å². The lowest BCUT2D eigenvalue weighted by molar-refractivity contribution is -0.138. The molecule has 1 saturated heterocycles. The van der Waals surface area contributed by atoms with Crippen molar-refractivity contribution in [2.75, 3.05) is 24.5 Å². The van der Waals surface area contributed by atoms with E-state index in [1.54, 1.807) is 11.0 Å². The molecule has 25 heavy (non-hydrogen) atoms. The van der Waals surface area contributed by atoms with Gasteiger partial charge in [-0.15, -0.1) is 0 Å². The highest BCUT2D eigenvalue weighted by molar-refractivity contribution is 5.98. The SMILES string of the molecule is C=CC(=O)N1CCCC(C(=O)N2CCc3c2cccc3C(F)(F)F)C1. The third kappa shape index (κ3) is 3.27. The number of hydrogen-bond donors (Lipinski definition) is 0. The maximum absolute atomic E-state index is 13.1. The summed E-state index contributed by atoms with van der Waals surface area (Å²) in [5.41, 5.74) is -0.155. The number of carbonyl (C=O) groups excluding carboxylic acids is 2. The topological polar surface area (TPSA) is 40.6 Å². The van der Waals surface area contributed by atoms with Gasteiger partial charge in [-0.05, 0) is 43.0 Å². The summed E-state index contributed by atoms with van der Waals surface area (Å²) in [4.78, 5) is 27.6. The van der Waals surface area contributed by atoms with E-state index in [0.29, 0.717) is 25.1 Å². The van der Waals surface area contributed by atoms with Crippen LogP contribution in [0.4, 0.5) is 18.9 Å². The lowest BCUT2D eigenvalue weighted by atomic mass is 9.96. The Balaban J connectivity index is 1.82. The third-order valence-electron chi connectivity index (χ3n) is 4.86. The van der Waals surface area contributed by atoms with Gasteiger partial charge in [0, 0.05) is 25.3 Å². The maximum Gasteiger partial charge on any atom is 0.416 e. The molecule has 0 spiro atoms. The molecule has 1 atom stereocenters. The van der Waals surface area contributed by atoms with Gasteiger partial charge in [0.2, 0.25) is 11.8 Å². The summed E-state index contributed by atoms with van der Waals surface area (Å²) in [6, 6.07) is 3.95. The van der Waals surface area contributed by atoms with Crippen LogP contribution in [0.3, 0.4) is 0 Å². The molecule has 0 aromatic heterocycles. The second-order valence-electron chi connectivity index (χ2n) is 6.37. The van der Waals surface area contributed by atoms with E-state index in [0.717, 1.165) is 6.07 Å². The fourth-order valence-corrected chi connectivity index (χ4v) is 3.66. The van der Waals surface area contributed by atoms with E-state index < -0.39 is 17.7 Å². The first-order chi connectivity index (χ1) is 11.8. The first-order valence-corrected chi connectivity index (χ1v) is 8.24. The molecule has 7 heteroatoms. The van der Waals surface area contributed by atoms with Gasteiger partial charge in [0.15, 0.2) is 0 Å². The van der Waals surface area contributed by atoms with Gasteiger partial charge in [-0.25, -0.2) is 0 Å². The normalized spacial score (nSPS) is 20.4. The number of hydrogen-bond acceptors (Lipinski definition) is 2. The van der Waals surface area contributed by atoms with Crippen molar-refractivity contribution >= 4 is 17.5 Å². The molecule has 0 aliphatic carbocycles. The summed E-state index contributed by atoms with van der Waals surface area (Å²) in [5, 5.41) is 0. The Morgan fingerprint density at radius 2 is 2.00 bits per heavy atom. The summed E-state index contributed by atoms with van der Waals surface area (Å²) >= 11 is 0. The van der Waals surface area contributed by atoms with E-state index in [1.165, 1.54) is 17.0 Å². The van der Waals surface area contributed by atoms with Gasteiger partial charge >= 0.3 is 6.18 Å². The zero-order valence-corrected chi connectivity index (χ0v) is 13.7. The van der Waals surface area contributed by atoms with Gasteiger partial charge in [-0.1, -0.05) is 12.6 Å². The van der Waals surface area contributed by atoms with Crippen LogP contribution in [0.2, 0.25) is 0 Å². The molecule has 0 saturated carbocycles. The zero-order valence-electron chi connectivity index (χ0n) is 13.7. The summed E-state index contributed by atoms with van der Waals surface area (Å²) in [6.07, 6.45) is -1.70. The number of benzene rings is 1. The van der Waals surface area contributed by atoms with Crippen molar-refractivity contribution in [3.8, 4) is 0 Å². The second kappa shape index (κ2) is 6.54. The summed E-state index contributed by atoms with van der Waals surface area (Å²) in [5.74, 6) is -0.823. The average Bonchev–Trinajstić information content (AvgIpc) is 3.03. The van der Waals surface area contributed by atoms with Crippen molar-refractivity contribution in [3.05, 3.63) is 42.0 Å². The highest BCUT2D eigenvalue weighted by atomic mass is 19.4. The number of rotatable bonds is 2. The molecule has 2 heterocycles. The average molecular weight is 352 g/mol. The van der Waals surface area contributed by atoms with Gasteiger partial charge in [0.1, 0.15) is 0 Å². The quantitative estimate of drug-likeness (QED) is 0.768. The molecular formula is C18H19F3N2O2. The molecule has 0 N–H and O–H groups in total. The minimum atomic E-state index is -4.43. The van der Waals surface area contributed by atoms with Gasteiger partial charge in [0.25, 0.3) is 0 Å². The number of carbonyl (C=O) groups is 2. The predicted octanol–water partition coefficient (Wildman–Crippen LogP) is 3.02. The molecule has 1 unspecified atom stereocenters. The van der Waals surface area contributed by atoms with Gasteiger partial charge < -0.3 is 9.80 Å². The Kier molecular flexibility index (Phi) is 4.58. The van der Waals surface area contributed by atoms with Gasteiger partial charge in [-0.3, -0.25) is 9.59 Å². The molecule has 1 fully saturated rings. The number of likely N-dealkylation sites (tertiary alicyclic amines) is 1. The first kappa shape index (κ1) is 17.5. The smallest absolute Gasteiger partial charge is 0.338 e. The van der Waals surface area contributed by atoms with Crippen LogP contribution in [-0.4, -0.2) is 36.3 Å². The number of halogens is 3. The molecule has 4 nitrogen and oxygen atoms in total. The van der Waals surface area contributed by atoms with E-state index in [1.807, 2.05) is 0 Å². The molecule has 3 rings (SSSR count). The number of amides is 2. The van der Waals surface area contributed by atoms with Crippen LogP contribution in [0.5, 0.6) is 0 Å². The van der Waals surface area contributed by atoms with Crippen molar-refractivity contribution in [1.29, 1.82) is 0 Å². The number of nitrogens with zero attached hydrogens (tertiary/aromatic N) is 2. The van der Waals surface area contributed by atoms with E-state index >= 15 is 0 Å². The molecule has 0 radical (unpaired) electrons. The molecular weight excluding hydrogens is 333 g/mol. The van der Waals surface area contributed by atoms with Crippen molar-refractivity contribution in [2.24, 2.45) is 5.92 Å². The van der Waals surface area contributed by atoms with Crippen LogP contribution in [0.1, 0.15) is 24.0 Å². The highest BCUT2D eigenvalue weighted by Gasteiger charge is 2.39. The van der Waals surface area contributed by atoms with Crippen molar-refractivity contribution in [2.45, 2.75) is 25.4 Å². The standard InChI is InChI=1S/C18H19F3N2O2/c1-2-16(24)22-9-4-5-12(11-22)17(25)23-10-8-13-14(18(19,20)21)6-3-7-15(13)23/h2-3,6-7,12H,1,4-5,8-11H2. The Morgan fingerprint density at radius 3 is 2.68 bits per heavy atom. The summed E-state index contributed by atoms with van der Waals surface area (Å²) in [6.45, 7) is 4.55. The fourth-order valence-electron chi connectivity index (χ4n) is 3.66. The highest BCUT2D eigenvalue weighted by Crippen LogP contribution is 2.40. The van der Waals surface area contributed by atoms with Crippen molar-refractivity contribution in [3.63, 3.8) is 0 Å². The van der Waals surface area contributed by atoms with Gasteiger partial charge in [-0.2, -0.15) is 13.2 Å². The Bertz CT molecular complexity index is 715. The molecule has 134 valence electrons. The Labute approximate surface area is 143 Å². The molecule has 1 aromatic carbocycles. The zero-order chi connectivity index (χ0) is 18.2. The monoisotopic (exact) mass is 352 g/mol. The fraction of sp³-hybridized carbons (Fsp3) is 0.444. The molecule has 2 aliphatic heterocycles. The number of anilines is 1. The van der Waals surface area contributed by atoms with E-state index in [2.05, 4.69) is 6.58 Å². The largest absolute Gasteiger partial charge is 0.416 e. The number of piperidine rings is 1. The van der Waals surface area contributed by atoms with Crippen LogP contribution in [-0.2, 0) is 22.2 Å². The van der Waals surface area contributed by atoms with Crippen molar-refractivity contribution < 1.29 is 22.8 Å². The van der Waals surface area contributed by atoms with Gasteiger partial charge in [0.05, 0.1) is 11.5 Å². The van der Waals surface area contributed by atoms with Crippen LogP contribution in [0, 0.1) is 5.92 Å². The van der Waals surface area contributed by atoms with E-state index in [9.17, 15) is 22.8 Å². The minimum Gasteiger partial charge on any atom is -0.338 e. The molecule has 1 aromatic rings. The minimum absolute atomic E-state index is 0.179. The third-order valence-corrected chi connectivity index (χ3v) is 4.86. The van der Waals surface area contributed by atoms with E-state index in [4.69, 9.17) is 0 Å². The lowest BCUT2D eigenvalue weighted by Gasteiger charge is -2.33. The van der Waals surface area contributed by atoms with Crippen LogP contribution >= 0.6 is 0 Å². The Morgan fingerprint density at radius 1 is 1.24 bits per heavy atom. The molecule has 0 bridgehead atoms. The number of fused-ring (bicyclic) bond motifs is 1. The summed E-state index contributed by atoms with van der Waals surface area (Å²) in [7, 11) is 0. The number of alkyl halides is 3. The second-order valence-corrected chi connectivity index (χ2v) is 6.37. The van der Waals surface area contributed by atoms with Crippen molar-refractivity contribution in [1.82, 2.24) is 4.90 Å². The summed E-state index contributed by atoms with van der Waals surface area (Å²) < 4.78 is 39.4. The predicted molar refractivity (Wildman–Crippen MR) is 87.0 cm³/mol. The molecule has 2 amide bonds. The lowest BCUT2D eigenvalue weighted by Crippen LogP contribution is -2.46. The van der Waals surface area contributed by atoms with E-state index in [-0.39, 0.29) is 36.9 Å². The first-order valence-electron chi connectivity index (χ1n) is 8.24.